The second kappa shape index (κ2) is 8.09. The highest BCUT2D eigenvalue weighted by Crippen LogP contribution is 1.99. The summed E-state index contributed by atoms with van der Waals surface area (Å²) in [5, 5.41) is 18.2. The van der Waals surface area contributed by atoms with Crippen LogP contribution >= 0.6 is 11.3 Å². The van der Waals surface area contributed by atoms with Crippen molar-refractivity contribution in [2.75, 3.05) is 13.7 Å². The fourth-order valence-electron chi connectivity index (χ4n) is 2.10. The Kier molecular flexibility index (Phi) is 5.87. The van der Waals surface area contributed by atoms with Gasteiger partial charge in [-0.1, -0.05) is 30.3 Å². The second-order valence-electron chi connectivity index (χ2n) is 4.73. The number of hydrogen-bond donors (Lipinski definition) is 0. The number of benzene rings is 1. The van der Waals surface area contributed by atoms with Gasteiger partial charge in [-0.15, -0.1) is 11.3 Å². The molecular weight excluding hydrogens is 310 g/mol. The Balaban J connectivity index is 2.65. The normalized spacial score (nSPS) is 11.0. The molecule has 1 aromatic heterocycles. The highest BCUT2D eigenvalue weighted by atomic mass is 32.1. The molecule has 0 N–H and O–H groups in total. The minimum absolute atomic E-state index is 0.0442. The third kappa shape index (κ3) is 3.95. The van der Waals surface area contributed by atoms with Crippen LogP contribution in [0.25, 0.3) is 11.6 Å². The number of ether oxygens (including phenoxy) is 1. The van der Waals surface area contributed by atoms with Gasteiger partial charge in [-0.25, -0.2) is 0 Å². The maximum Gasteiger partial charge on any atom is 0.269 e. The van der Waals surface area contributed by atoms with Crippen molar-refractivity contribution in [2.24, 2.45) is 0 Å². The Morgan fingerprint density at radius 2 is 2.00 bits per heavy atom. The molecular formula is C17H15N3O2S. The quantitative estimate of drug-likeness (QED) is 0.768. The molecule has 23 heavy (non-hydrogen) atoms. The summed E-state index contributed by atoms with van der Waals surface area (Å²) in [7, 11) is 1.59. The molecule has 2 rings (SSSR count). The topological polar surface area (TPSA) is 78.8 Å². The number of methoxy groups -OCH3 is 1. The average molecular weight is 325 g/mol. The lowest BCUT2D eigenvalue weighted by molar-refractivity contribution is 0.190. The molecule has 116 valence electrons. The van der Waals surface area contributed by atoms with Crippen LogP contribution in [0.3, 0.4) is 0 Å². The highest BCUT2D eigenvalue weighted by molar-refractivity contribution is 7.07. The van der Waals surface area contributed by atoms with Crippen LogP contribution in [0.15, 0.2) is 35.1 Å². The fourth-order valence-corrected chi connectivity index (χ4v) is 3.18. The summed E-state index contributed by atoms with van der Waals surface area (Å²) in [6.07, 6.45) is 2.41. The molecule has 0 aliphatic rings. The third-order valence-electron chi connectivity index (χ3n) is 3.17. The molecule has 0 bridgehead atoms. The van der Waals surface area contributed by atoms with E-state index in [0.717, 1.165) is 5.56 Å². The summed E-state index contributed by atoms with van der Waals surface area (Å²) in [6.45, 7) is 0.919. The molecule has 0 unspecified atom stereocenters. The van der Waals surface area contributed by atoms with E-state index >= 15 is 0 Å². The lowest BCUT2D eigenvalue weighted by atomic mass is 10.2. The van der Waals surface area contributed by atoms with Crippen LogP contribution in [0.4, 0.5) is 0 Å². The van der Waals surface area contributed by atoms with E-state index in [0.29, 0.717) is 28.8 Å². The van der Waals surface area contributed by atoms with E-state index in [-0.39, 0.29) is 11.1 Å². The predicted octanol–water partition coefficient (Wildman–Crippen LogP) is 0.973. The lowest BCUT2D eigenvalue weighted by Gasteiger charge is -2.01. The highest BCUT2D eigenvalue weighted by Gasteiger charge is 2.09. The van der Waals surface area contributed by atoms with Gasteiger partial charge in [0.1, 0.15) is 16.8 Å². The Labute approximate surface area is 137 Å². The maximum atomic E-state index is 12.6. The first-order chi connectivity index (χ1) is 11.2. The number of rotatable bonds is 5. The summed E-state index contributed by atoms with van der Waals surface area (Å²) < 4.78 is 7.40. The standard InChI is InChI=1S/C17H15N3O2S/c1-22-9-5-8-20-16(21)15(10-13-6-3-2-4-7-13)23-17(20)14(11-18)12-19/h2-4,6-7,10H,5,8-9H2,1H3/b15-10-. The molecule has 6 heteroatoms. The molecule has 0 radical (unpaired) electrons. The molecule has 5 nitrogen and oxygen atoms in total. The van der Waals surface area contributed by atoms with Crippen LogP contribution in [-0.4, -0.2) is 18.3 Å². The zero-order chi connectivity index (χ0) is 16.7. The number of hydrogen-bond acceptors (Lipinski definition) is 5. The van der Waals surface area contributed by atoms with E-state index in [4.69, 9.17) is 15.3 Å². The van der Waals surface area contributed by atoms with Gasteiger partial charge in [0.05, 0.1) is 4.53 Å². The lowest BCUT2D eigenvalue weighted by Crippen LogP contribution is -2.32. The zero-order valence-corrected chi connectivity index (χ0v) is 13.5. The van der Waals surface area contributed by atoms with Gasteiger partial charge in [-0.05, 0) is 18.1 Å². The number of nitriles is 2. The minimum Gasteiger partial charge on any atom is -0.385 e. The van der Waals surface area contributed by atoms with E-state index in [1.807, 2.05) is 42.5 Å². The largest absolute Gasteiger partial charge is 0.385 e. The molecule has 0 saturated carbocycles. The first-order valence-corrected chi connectivity index (χ1v) is 7.82. The van der Waals surface area contributed by atoms with E-state index in [2.05, 4.69) is 0 Å². The molecule has 0 amide bonds. The van der Waals surface area contributed by atoms with E-state index in [9.17, 15) is 4.79 Å². The van der Waals surface area contributed by atoms with Gasteiger partial charge < -0.3 is 4.74 Å². The Morgan fingerprint density at radius 3 is 2.61 bits per heavy atom. The second-order valence-corrected chi connectivity index (χ2v) is 5.76. The molecule has 1 heterocycles. The SMILES string of the molecule is COCCCn1c(=C(C#N)C#N)s/c(=C\c2ccccc2)c1=O. The average Bonchev–Trinajstić information content (AvgIpc) is 2.87. The van der Waals surface area contributed by atoms with Gasteiger partial charge >= 0.3 is 0 Å². The van der Waals surface area contributed by atoms with Crippen LogP contribution in [0.5, 0.6) is 0 Å². The summed E-state index contributed by atoms with van der Waals surface area (Å²) in [5.41, 5.74) is 0.669. The number of thiazole rings is 1. The van der Waals surface area contributed by atoms with Crippen molar-refractivity contribution in [3.8, 4) is 12.1 Å². The van der Waals surface area contributed by atoms with Gasteiger partial charge in [-0.2, -0.15) is 10.5 Å². The molecule has 2 aromatic rings. The summed E-state index contributed by atoms with van der Waals surface area (Å²) >= 11 is 1.17. The third-order valence-corrected chi connectivity index (χ3v) is 4.30. The molecule has 0 aliphatic heterocycles. The zero-order valence-electron chi connectivity index (χ0n) is 12.7. The Morgan fingerprint density at radius 1 is 1.30 bits per heavy atom. The van der Waals surface area contributed by atoms with Crippen molar-refractivity contribution >= 4 is 23.0 Å². The summed E-state index contributed by atoms with van der Waals surface area (Å²) in [4.78, 5) is 12.6. The summed E-state index contributed by atoms with van der Waals surface area (Å²) in [6, 6.07) is 13.2. The van der Waals surface area contributed by atoms with Gasteiger partial charge in [0.2, 0.25) is 0 Å². The van der Waals surface area contributed by atoms with Gasteiger partial charge in [0.15, 0.2) is 5.57 Å². The van der Waals surface area contributed by atoms with Crippen LogP contribution < -0.4 is 14.8 Å². The van der Waals surface area contributed by atoms with Crippen molar-refractivity contribution in [3.05, 3.63) is 55.4 Å². The van der Waals surface area contributed by atoms with Gasteiger partial charge in [-0.3, -0.25) is 9.36 Å². The smallest absolute Gasteiger partial charge is 0.269 e. The Bertz CT molecular complexity index is 911. The van der Waals surface area contributed by atoms with E-state index < -0.39 is 0 Å². The number of aromatic nitrogens is 1. The van der Waals surface area contributed by atoms with Crippen molar-refractivity contribution < 1.29 is 4.74 Å². The van der Waals surface area contributed by atoms with Crippen LogP contribution in [0.1, 0.15) is 12.0 Å². The first-order valence-electron chi connectivity index (χ1n) is 7.01. The van der Waals surface area contributed by atoms with Gasteiger partial charge in [0, 0.05) is 20.3 Å². The van der Waals surface area contributed by atoms with E-state index in [1.54, 1.807) is 13.2 Å². The van der Waals surface area contributed by atoms with Crippen molar-refractivity contribution in [2.45, 2.75) is 13.0 Å². The fraction of sp³-hybridized carbons (Fsp3) is 0.235. The van der Waals surface area contributed by atoms with Crippen molar-refractivity contribution in [1.29, 1.82) is 10.5 Å². The maximum absolute atomic E-state index is 12.6. The first kappa shape index (κ1) is 16.7. The molecule has 0 saturated heterocycles. The molecule has 0 aliphatic carbocycles. The molecule has 0 spiro atoms. The van der Waals surface area contributed by atoms with Gasteiger partial charge in [0.25, 0.3) is 5.56 Å². The Hall–Kier alpha value is -2.67. The minimum atomic E-state index is -0.187. The monoisotopic (exact) mass is 325 g/mol. The summed E-state index contributed by atoms with van der Waals surface area (Å²) in [5.74, 6) is 0. The van der Waals surface area contributed by atoms with Crippen LogP contribution in [0, 0.1) is 22.7 Å². The van der Waals surface area contributed by atoms with Crippen molar-refractivity contribution in [3.63, 3.8) is 0 Å². The predicted molar refractivity (Wildman–Crippen MR) is 89.0 cm³/mol. The van der Waals surface area contributed by atoms with E-state index in [1.165, 1.54) is 15.9 Å². The number of nitrogens with zero attached hydrogens (tertiary/aromatic N) is 3. The van der Waals surface area contributed by atoms with Crippen molar-refractivity contribution in [1.82, 2.24) is 4.57 Å². The molecule has 0 atom stereocenters. The van der Waals surface area contributed by atoms with Crippen LogP contribution in [-0.2, 0) is 11.3 Å². The van der Waals surface area contributed by atoms with Crippen LogP contribution in [0.2, 0.25) is 0 Å². The molecule has 0 fully saturated rings. The molecule has 1 aromatic carbocycles.